The molecule has 1 N–H and O–H groups in total. The van der Waals surface area contributed by atoms with Gasteiger partial charge in [-0.2, -0.15) is 4.98 Å². The van der Waals surface area contributed by atoms with Crippen molar-refractivity contribution < 1.29 is 18.8 Å². The standard InChI is InChI=1S/C15H17N3O4/c1-20-11-4-3-9(7-12(11)21-2)14-17-15(22-18-14)10-5-6-16-13(19)8-10/h3-4,7,10H,5-6,8H2,1-2H3,(H,16,19). The molecule has 0 bridgehead atoms. The minimum atomic E-state index is -0.0184. The van der Waals surface area contributed by atoms with Gasteiger partial charge in [-0.3, -0.25) is 4.79 Å². The van der Waals surface area contributed by atoms with Gasteiger partial charge in [-0.05, 0) is 24.6 Å². The molecule has 1 atom stereocenters. The number of nitrogens with one attached hydrogen (secondary N) is 1. The first-order valence-electron chi connectivity index (χ1n) is 7.04. The molecule has 1 amide bonds. The van der Waals surface area contributed by atoms with Gasteiger partial charge in [0.15, 0.2) is 11.5 Å². The highest BCUT2D eigenvalue weighted by Crippen LogP contribution is 2.32. The van der Waals surface area contributed by atoms with E-state index in [1.165, 1.54) is 0 Å². The molecule has 1 aliphatic heterocycles. The lowest BCUT2D eigenvalue weighted by Crippen LogP contribution is -2.32. The van der Waals surface area contributed by atoms with Crippen molar-refractivity contribution in [3.8, 4) is 22.9 Å². The van der Waals surface area contributed by atoms with Gasteiger partial charge in [-0.25, -0.2) is 0 Å². The number of rotatable bonds is 4. The number of benzene rings is 1. The maximum atomic E-state index is 11.4. The average Bonchev–Trinajstić information content (AvgIpc) is 3.04. The SMILES string of the molecule is COc1ccc(-c2noc(C3CCNC(=O)C3)n2)cc1OC. The van der Waals surface area contributed by atoms with Gasteiger partial charge in [0.05, 0.1) is 14.2 Å². The molecule has 2 heterocycles. The van der Waals surface area contributed by atoms with Crippen LogP contribution in [-0.4, -0.2) is 36.8 Å². The first-order chi connectivity index (χ1) is 10.7. The van der Waals surface area contributed by atoms with Crippen LogP contribution in [0.2, 0.25) is 0 Å². The lowest BCUT2D eigenvalue weighted by molar-refractivity contribution is -0.122. The minimum absolute atomic E-state index is 0.0158. The van der Waals surface area contributed by atoms with Crippen LogP contribution in [-0.2, 0) is 4.79 Å². The number of ether oxygens (including phenoxy) is 2. The first-order valence-corrected chi connectivity index (χ1v) is 7.04. The summed E-state index contributed by atoms with van der Waals surface area (Å²) in [6.07, 6.45) is 1.19. The fraction of sp³-hybridized carbons (Fsp3) is 0.400. The lowest BCUT2D eigenvalue weighted by Gasteiger charge is -2.18. The van der Waals surface area contributed by atoms with Gasteiger partial charge in [0.1, 0.15) is 0 Å². The monoisotopic (exact) mass is 303 g/mol. The Morgan fingerprint density at radius 1 is 1.27 bits per heavy atom. The summed E-state index contributed by atoms with van der Waals surface area (Å²) in [5.41, 5.74) is 0.771. The minimum Gasteiger partial charge on any atom is -0.493 e. The summed E-state index contributed by atoms with van der Waals surface area (Å²) in [4.78, 5) is 15.9. The van der Waals surface area contributed by atoms with E-state index in [0.29, 0.717) is 36.2 Å². The number of piperidine rings is 1. The zero-order valence-electron chi connectivity index (χ0n) is 12.5. The largest absolute Gasteiger partial charge is 0.493 e. The number of methoxy groups -OCH3 is 2. The number of hydrogen-bond acceptors (Lipinski definition) is 6. The van der Waals surface area contributed by atoms with Crippen molar-refractivity contribution in [2.24, 2.45) is 0 Å². The molecule has 0 saturated carbocycles. The molecular weight excluding hydrogens is 286 g/mol. The number of nitrogens with zero attached hydrogens (tertiary/aromatic N) is 2. The summed E-state index contributed by atoms with van der Waals surface area (Å²) >= 11 is 0. The number of amides is 1. The quantitative estimate of drug-likeness (QED) is 0.926. The Morgan fingerprint density at radius 3 is 2.82 bits per heavy atom. The number of aromatic nitrogens is 2. The van der Waals surface area contributed by atoms with Crippen LogP contribution in [0.3, 0.4) is 0 Å². The second kappa shape index (κ2) is 6.05. The van der Waals surface area contributed by atoms with Crippen molar-refractivity contribution in [2.45, 2.75) is 18.8 Å². The molecule has 116 valence electrons. The molecule has 1 fully saturated rings. The Bertz CT molecular complexity index is 683. The average molecular weight is 303 g/mol. The molecule has 7 nitrogen and oxygen atoms in total. The lowest BCUT2D eigenvalue weighted by atomic mass is 9.98. The number of carbonyl (C=O) groups is 1. The van der Waals surface area contributed by atoms with Crippen LogP contribution in [0, 0.1) is 0 Å². The number of hydrogen-bond donors (Lipinski definition) is 1. The first kappa shape index (κ1) is 14.4. The summed E-state index contributed by atoms with van der Waals surface area (Å²) in [6, 6.07) is 5.42. The van der Waals surface area contributed by atoms with Crippen LogP contribution >= 0.6 is 0 Å². The molecule has 1 unspecified atom stereocenters. The zero-order chi connectivity index (χ0) is 15.5. The maximum absolute atomic E-state index is 11.4. The fourth-order valence-corrected chi connectivity index (χ4v) is 2.49. The zero-order valence-corrected chi connectivity index (χ0v) is 12.5. The molecule has 0 aliphatic carbocycles. The van der Waals surface area contributed by atoms with Crippen LogP contribution in [0.15, 0.2) is 22.7 Å². The number of carbonyl (C=O) groups excluding carboxylic acids is 1. The molecule has 1 aromatic carbocycles. The Balaban J connectivity index is 1.85. The summed E-state index contributed by atoms with van der Waals surface area (Å²) in [5.74, 6) is 2.21. The summed E-state index contributed by atoms with van der Waals surface area (Å²) in [5, 5.41) is 6.79. The molecule has 2 aromatic rings. The van der Waals surface area contributed by atoms with E-state index in [4.69, 9.17) is 14.0 Å². The van der Waals surface area contributed by atoms with E-state index in [9.17, 15) is 4.79 Å². The van der Waals surface area contributed by atoms with Gasteiger partial charge >= 0.3 is 0 Å². The van der Waals surface area contributed by atoms with Gasteiger partial charge < -0.3 is 19.3 Å². The Kier molecular flexibility index (Phi) is 3.95. The highest BCUT2D eigenvalue weighted by atomic mass is 16.5. The predicted octanol–water partition coefficient (Wildman–Crippen LogP) is 1.75. The fourth-order valence-electron chi connectivity index (χ4n) is 2.49. The normalized spacial score (nSPS) is 17.9. The van der Waals surface area contributed by atoms with Crippen molar-refractivity contribution in [2.75, 3.05) is 20.8 Å². The summed E-state index contributed by atoms with van der Waals surface area (Å²) < 4.78 is 15.8. The second-order valence-corrected chi connectivity index (χ2v) is 5.07. The van der Waals surface area contributed by atoms with E-state index in [1.807, 2.05) is 6.07 Å². The van der Waals surface area contributed by atoms with Crippen LogP contribution in [0.5, 0.6) is 11.5 Å². The van der Waals surface area contributed by atoms with Crippen molar-refractivity contribution >= 4 is 5.91 Å². The topological polar surface area (TPSA) is 86.5 Å². The van der Waals surface area contributed by atoms with Crippen molar-refractivity contribution in [1.82, 2.24) is 15.5 Å². The molecule has 22 heavy (non-hydrogen) atoms. The molecule has 1 aromatic heterocycles. The molecule has 7 heteroatoms. The molecule has 1 saturated heterocycles. The van der Waals surface area contributed by atoms with Crippen molar-refractivity contribution in [3.05, 3.63) is 24.1 Å². The molecule has 3 rings (SSSR count). The summed E-state index contributed by atoms with van der Waals surface area (Å²) in [7, 11) is 3.15. The van der Waals surface area contributed by atoms with Gasteiger partial charge in [-0.15, -0.1) is 0 Å². The molecule has 1 aliphatic rings. The van der Waals surface area contributed by atoms with E-state index in [2.05, 4.69) is 15.5 Å². The van der Waals surface area contributed by atoms with Gasteiger partial charge in [0.2, 0.25) is 17.6 Å². The van der Waals surface area contributed by atoms with Gasteiger partial charge in [0.25, 0.3) is 0 Å². The van der Waals surface area contributed by atoms with Crippen molar-refractivity contribution in [3.63, 3.8) is 0 Å². The van der Waals surface area contributed by atoms with Crippen LogP contribution < -0.4 is 14.8 Å². The van der Waals surface area contributed by atoms with Crippen molar-refractivity contribution in [1.29, 1.82) is 0 Å². The smallest absolute Gasteiger partial charge is 0.230 e. The second-order valence-electron chi connectivity index (χ2n) is 5.07. The van der Waals surface area contributed by atoms with Crippen LogP contribution in [0.1, 0.15) is 24.7 Å². The van der Waals surface area contributed by atoms with E-state index < -0.39 is 0 Å². The molecular formula is C15H17N3O4. The van der Waals surface area contributed by atoms with Crippen LogP contribution in [0.25, 0.3) is 11.4 Å². The maximum Gasteiger partial charge on any atom is 0.230 e. The third-order valence-corrected chi connectivity index (χ3v) is 3.68. The molecule has 0 radical (unpaired) electrons. The predicted molar refractivity (Wildman–Crippen MR) is 77.8 cm³/mol. The molecule has 0 spiro atoms. The van der Waals surface area contributed by atoms with E-state index in [1.54, 1.807) is 26.4 Å². The Hall–Kier alpha value is -2.57. The third-order valence-electron chi connectivity index (χ3n) is 3.68. The van der Waals surface area contributed by atoms with E-state index in [0.717, 1.165) is 12.0 Å². The summed E-state index contributed by atoms with van der Waals surface area (Å²) in [6.45, 7) is 0.636. The van der Waals surface area contributed by atoms with Gasteiger partial charge in [-0.1, -0.05) is 5.16 Å². The highest BCUT2D eigenvalue weighted by Gasteiger charge is 2.26. The Labute approximate surface area is 127 Å². The van der Waals surface area contributed by atoms with Crippen LogP contribution in [0.4, 0.5) is 0 Å². The van der Waals surface area contributed by atoms with E-state index in [-0.39, 0.29) is 11.8 Å². The third kappa shape index (κ3) is 2.74. The van der Waals surface area contributed by atoms with Gasteiger partial charge in [0, 0.05) is 24.4 Å². The Morgan fingerprint density at radius 2 is 2.09 bits per heavy atom. The van der Waals surface area contributed by atoms with E-state index >= 15 is 0 Å². The highest BCUT2D eigenvalue weighted by molar-refractivity contribution is 5.77.